The van der Waals surface area contributed by atoms with Crippen molar-refractivity contribution in [2.75, 3.05) is 18.4 Å². The maximum absolute atomic E-state index is 13.0. The van der Waals surface area contributed by atoms with Crippen molar-refractivity contribution in [3.63, 3.8) is 0 Å². The van der Waals surface area contributed by atoms with Crippen molar-refractivity contribution < 1.29 is 9.90 Å². The van der Waals surface area contributed by atoms with E-state index in [0.717, 1.165) is 73.9 Å². The smallest absolute Gasteiger partial charge is 0.272 e. The molecule has 2 N–H and O–H groups in total. The lowest BCUT2D eigenvalue weighted by atomic mass is 9.93. The highest BCUT2D eigenvalue weighted by atomic mass is 16.3. The van der Waals surface area contributed by atoms with Crippen molar-refractivity contribution in [2.24, 2.45) is 0 Å². The molecule has 1 saturated heterocycles. The molecule has 9 heteroatoms. The van der Waals surface area contributed by atoms with Crippen molar-refractivity contribution in [3.8, 4) is 11.1 Å². The summed E-state index contributed by atoms with van der Waals surface area (Å²) in [7, 11) is 0. The minimum atomic E-state index is -0.183. The van der Waals surface area contributed by atoms with Crippen LogP contribution in [0, 0.1) is 0 Å². The summed E-state index contributed by atoms with van der Waals surface area (Å²) in [5.41, 5.74) is 4.22. The van der Waals surface area contributed by atoms with Gasteiger partial charge in [0, 0.05) is 42.7 Å². The van der Waals surface area contributed by atoms with Gasteiger partial charge in [-0.05, 0) is 56.7 Å². The van der Waals surface area contributed by atoms with E-state index in [1.54, 1.807) is 6.20 Å². The third-order valence-electron chi connectivity index (χ3n) is 6.88. The molecule has 5 heterocycles. The van der Waals surface area contributed by atoms with Crippen molar-refractivity contribution in [3.05, 3.63) is 48.7 Å². The van der Waals surface area contributed by atoms with Gasteiger partial charge in [0.2, 0.25) is 5.95 Å². The second-order valence-electron chi connectivity index (χ2n) is 9.08. The number of anilines is 1. The Hall–Kier alpha value is -3.46. The quantitative estimate of drug-likeness (QED) is 0.501. The van der Waals surface area contributed by atoms with Crippen molar-refractivity contribution in [2.45, 2.75) is 50.7 Å². The first-order valence-corrected chi connectivity index (χ1v) is 11.7. The number of nitrogens with zero attached hydrogens (tertiary/aromatic N) is 6. The van der Waals surface area contributed by atoms with E-state index in [-0.39, 0.29) is 18.1 Å². The van der Waals surface area contributed by atoms with Gasteiger partial charge >= 0.3 is 0 Å². The second-order valence-corrected chi connectivity index (χ2v) is 9.08. The van der Waals surface area contributed by atoms with Crippen LogP contribution in [0.25, 0.3) is 22.3 Å². The molecule has 0 unspecified atom stereocenters. The summed E-state index contributed by atoms with van der Waals surface area (Å²) >= 11 is 0. The average molecular weight is 446 g/mol. The summed E-state index contributed by atoms with van der Waals surface area (Å²) in [5.74, 6) is 0.628. The van der Waals surface area contributed by atoms with Gasteiger partial charge in [-0.15, -0.1) is 5.10 Å². The summed E-state index contributed by atoms with van der Waals surface area (Å²) in [6, 6.07) is 6.26. The third-order valence-corrected chi connectivity index (χ3v) is 6.88. The predicted octanol–water partition coefficient (Wildman–Crippen LogP) is 3.00. The number of hydrogen-bond acceptors (Lipinski definition) is 6. The molecular weight excluding hydrogens is 418 g/mol. The molecule has 1 amide bonds. The molecule has 0 bridgehead atoms. The maximum atomic E-state index is 13.0. The molecule has 4 aromatic rings. The highest BCUT2D eigenvalue weighted by Gasteiger charge is 2.23. The number of amides is 1. The van der Waals surface area contributed by atoms with E-state index in [4.69, 9.17) is 0 Å². The Morgan fingerprint density at radius 1 is 1.03 bits per heavy atom. The van der Waals surface area contributed by atoms with E-state index in [9.17, 15) is 9.90 Å². The Morgan fingerprint density at radius 3 is 2.67 bits per heavy atom. The first kappa shape index (κ1) is 20.2. The lowest BCUT2D eigenvalue weighted by Crippen LogP contribution is -2.29. The predicted molar refractivity (Wildman–Crippen MR) is 124 cm³/mol. The maximum Gasteiger partial charge on any atom is 0.272 e. The number of aromatic nitrogens is 5. The molecule has 1 aliphatic heterocycles. The van der Waals surface area contributed by atoms with Gasteiger partial charge in [0.05, 0.1) is 24.0 Å². The molecule has 6 rings (SSSR count). The van der Waals surface area contributed by atoms with Crippen LogP contribution in [0.4, 0.5) is 5.95 Å². The topological polar surface area (TPSA) is 100 Å². The van der Waals surface area contributed by atoms with Crippen molar-refractivity contribution in [1.82, 2.24) is 28.9 Å². The monoisotopic (exact) mass is 445 g/mol. The van der Waals surface area contributed by atoms with E-state index in [1.165, 1.54) is 0 Å². The standard InChI is InChI=1S/C24H27N7O2/c32-18-6-4-17(5-7-18)27-24-26-13-20-19(9-12-31(20)28-24)16-3-8-22-25-14-21(30(22)15-16)23(33)29-10-1-2-11-29/h3,8-9,12-15,17-18,32H,1-2,4-7,10-11H2,(H,27,28)/t17-,18+. The number of pyridine rings is 1. The third kappa shape index (κ3) is 3.72. The van der Waals surface area contributed by atoms with Crippen LogP contribution in [-0.4, -0.2) is 65.1 Å². The van der Waals surface area contributed by atoms with E-state index in [1.807, 2.05) is 50.6 Å². The summed E-state index contributed by atoms with van der Waals surface area (Å²) in [6.07, 6.45) is 12.8. The van der Waals surface area contributed by atoms with Gasteiger partial charge in [-0.2, -0.15) is 0 Å². The van der Waals surface area contributed by atoms with Crippen molar-refractivity contribution >= 4 is 23.0 Å². The lowest BCUT2D eigenvalue weighted by Gasteiger charge is -2.26. The Bertz CT molecular complexity index is 1310. The van der Waals surface area contributed by atoms with Crippen LogP contribution in [0.1, 0.15) is 49.0 Å². The SMILES string of the molecule is O=C(c1cnc2ccc(-c3ccn4nc(N[C@H]5CC[C@@H](O)CC5)ncc34)cn12)N1CCCC1. The fourth-order valence-electron chi connectivity index (χ4n) is 4.99. The van der Waals surface area contributed by atoms with Crippen LogP contribution in [0.15, 0.2) is 43.0 Å². The van der Waals surface area contributed by atoms with Crippen molar-refractivity contribution in [1.29, 1.82) is 0 Å². The first-order valence-electron chi connectivity index (χ1n) is 11.7. The van der Waals surface area contributed by atoms with Crippen LogP contribution in [-0.2, 0) is 0 Å². The number of nitrogens with one attached hydrogen (secondary N) is 1. The molecule has 2 fully saturated rings. The van der Waals surface area contributed by atoms with E-state index >= 15 is 0 Å². The number of imidazole rings is 1. The zero-order valence-corrected chi connectivity index (χ0v) is 18.4. The molecule has 9 nitrogen and oxygen atoms in total. The Morgan fingerprint density at radius 2 is 1.85 bits per heavy atom. The minimum absolute atomic E-state index is 0.0353. The number of aliphatic hydroxyl groups is 1. The summed E-state index contributed by atoms with van der Waals surface area (Å²) in [5, 5.41) is 17.7. The molecule has 1 saturated carbocycles. The summed E-state index contributed by atoms with van der Waals surface area (Å²) in [4.78, 5) is 23.8. The fourth-order valence-corrected chi connectivity index (χ4v) is 4.99. The molecule has 170 valence electrons. The summed E-state index contributed by atoms with van der Waals surface area (Å²) < 4.78 is 3.71. The summed E-state index contributed by atoms with van der Waals surface area (Å²) in [6.45, 7) is 1.62. The van der Waals surface area contributed by atoms with Crippen LogP contribution in [0.5, 0.6) is 0 Å². The molecule has 33 heavy (non-hydrogen) atoms. The van der Waals surface area contributed by atoms with E-state index in [2.05, 4.69) is 20.4 Å². The highest BCUT2D eigenvalue weighted by molar-refractivity contribution is 5.93. The van der Waals surface area contributed by atoms with Gasteiger partial charge in [-0.25, -0.2) is 14.5 Å². The molecule has 0 atom stereocenters. The number of likely N-dealkylation sites (tertiary alicyclic amines) is 1. The molecule has 4 aromatic heterocycles. The number of carbonyl (C=O) groups excluding carboxylic acids is 1. The van der Waals surface area contributed by atoms with Gasteiger partial charge < -0.3 is 15.3 Å². The zero-order chi connectivity index (χ0) is 22.4. The first-order chi connectivity index (χ1) is 16.2. The van der Waals surface area contributed by atoms with Gasteiger partial charge in [-0.1, -0.05) is 0 Å². The van der Waals surface area contributed by atoms with Crippen LogP contribution in [0.3, 0.4) is 0 Å². The zero-order valence-electron chi connectivity index (χ0n) is 18.4. The van der Waals surface area contributed by atoms with Gasteiger partial charge in [0.1, 0.15) is 11.3 Å². The second kappa shape index (κ2) is 8.15. The number of fused-ring (bicyclic) bond motifs is 2. The Kier molecular flexibility index (Phi) is 4.98. The normalized spacial score (nSPS) is 21.2. The Labute approximate surface area is 191 Å². The Balaban J connectivity index is 1.29. The molecule has 0 spiro atoms. The minimum Gasteiger partial charge on any atom is -0.393 e. The number of aliphatic hydroxyl groups excluding tert-OH is 1. The highest BCUT2D eigenvalue weighted by Crippen LogP contribution is 2.27. The van der Waals surface area contributed by atoms with Crippen LogP contribution < -0.4 is 5.32 Å². The van der Waals surface area contributed by atoms with Crippen LogP contribution >= 0.6 is 0 Å². The van der Waals surface area contributed by atoms with Gasteiger partial charge in [-0.3, -0.25) is 9.20 Å². The fraction of sp³-hybridized carbons (Fsp3) is 0.417. The van der Waals surface area contributed by atoms with Gasteiger partial charge in [0.25, 0.3) is 5.91 Å². The molecule has 0 aromatic carbocycles. The van der Waals surface area contributed by atoms with E-state index in [0.29, 0.717) is 11.6 Å². The largest absolute Gasteiger partial charge is 0.393 e. The molecule has 0 radical (unpaired) electrons. The number of hydrogen-bond donors (Lipinski definition) is 2. The van der Waals surface area contributed by atoms with Crippen LogP contribution in [0.2, 0.25) is 0 Å². The van der Waals surface area contributed by atoms with Gasteiger partial charge in [0.15, 0.2) is 0 Å². The molecule has 2 aliphatic rings. The molecule has 1 aliphatic carbocycles. The molecular formula is C24H27N7O2. The van der Waals surface area contributed by atoms with E-state index < -0.39 is 0 Å². The lowest BCUT2D eigenvalue weighted by molar-refractivity contribution is 0.0786. The average Bonchev–Trinajstić information content (AvgIpc) is 3.59. The number of carbonyl (C=O) groups is 1. The number of rotatable bonds is 4.